The molecule has 2 aromatic rings. The van der Waals surface area contributed by atoms with E-state index in [4.69, 9.17) is 9.26 Å². The van der Waals surface area contributed by atoms with Crippen molar-refractivity contribution in [2.75, 3.05) is 19.7 Å². The van der Waals surface area contributed by atoms with Gasteiger partial charge in [0.1, 0.15) is 5.75 Å². The number of carbonyl (C=O) groups is 2. The van der Waals surface area contributed by atoms with Gasteiger partial charge in [0.25, 0.3) is 0 Å². The monoisotopic (exact) mass is 413 g/mol. The zero-order valence-electron chi connectivity index (χ0n) is 16.1. The highest BCUT2D eigenvalue weighted by Gasteiger charge is 2.37. The Labute approximate surface area is 165 Å². The molecular formula is C19H22F3N3O4. The summed E-state index contributed by atoms with van der Waals surface area (Å²) in [5.74, 6) is -0.100. The number of ether oxygens (including phenoxy) is 1. The Bertz CT molecular complexity index is 910. The number of rotatable bonds is 7. The molecule has 0 radical (unpaired) electrons. The summed E-state index contributed by atoms with van der Waals surface area (Å²) in [6.45, 7) is 4.34. The van der Waals surface area contributed by atoms with Crippen LogP contribution in [-0.2, 0) is 17.4 Å². The topological polar surface area (TPSA) is 84.7 Å². The molecule has 1 saturated heterocycles. The van der Waals surface area contributed by atoms with Gasteiger partial charge in [-0.3, -0.25) is 9.69 Å². The average molecular weight is 413 g/mol. The highest BCUT2D eigenvalue weighted by molar-refractivity contribution is 5.97. The minimum Gasteiger partial charge on any atom is -0.493 e. The molecule has 0 bridgehead atoms. The lowest BCUT2D eigenvalue weighted by Crippen LogP contribution is -2.54. The lowest BCUT2D eigenvalue weighted by atomic mass is 10.0. The highest BCUT2D eigenvalue weighted by Crippen LogP contribution is 2.38. The van der Waals surface area contributed by atoms with E-state index in [1.807, 2.05) is 6.92 Å². The van der Waals surface area contributed by atoms with Gasteiger partial charge in [0.15, 0.2) is 11.3 Å². The van der Waals surface area contributed by atoms with Gasteiger partial charge in [-0.25, -0.2) is 4.79 Å². The van der Waals surface area contributed by atoms with E-state index < -0.39 is 17.9 Å². The fourth-order valence-corrected chi connectivity index (χ4v) is 3.27. The number of fused-ring (bicyclic) bond motifs is 1. The van der Waals surface area contributed by atoms with Crippen LogP contribution in [0.25, 0.3) is 11.0 Å². The number of imide groups is 1. The van der Waals surface area contributed by atoms with Gasteiger partial charge in [-0.05, 0) is 25.0 Å². The quantitative estimate of drug-likeness (QED) is 0.699. The molecule has 7 nitrogen and oxygen atoms in total. The van der Waals surface area contributed by atoms with Crippen LogP contribution in [0.2, 0.25) is 0 Å². The number of nitrogens with zero attached hydrogens (tertiary/aromatic N) is 2. The van der Waals surface area contributed by atoms with Gasteiger partial charge < -0.3 is 14.6 Å². The first-order chi connectivity index (χ1) is 13.7. The van der Waals surface area contributed by atoms with Crippen molar-refractivity contribution in [3.8, 4) is 5.75 Å². The van der Waals surface area contributed by atoms with Crippen molar-refractivity contribution in [2.24, 2.45) is 5.92 Å². The normalized spacial score (nSPS) is 17.7. The smallest absolute Gasteiger partial charge is 0.437 e. The van der Waals surface area contributed by atoms with Gasteiger partial charge >= 0.3 is 12.2 Å². The summed E-state index contributed by atoms with van der Waals surface area (Å²) in [5, 5.41) is 5.73. The number of alkyl halides is 3. The van der Waals surface area contributed by atoms with E-state index in [1.54, 1.807) is 6.92 Å². The SMILES string of the molecule is CCCc1c(OCCCN2C(=O)NCC(C)C2=O)ccc2c(C(F)(F)F)noc12. The Balaban J connectivity index is 1.70. The number of aromatic nitrogens is 1. The minimum atomic E-state index is -4.60. The van der Waals surface area contributed by atoms with Crippen LogP contribution in [0.3, 0.4) is 0 Å². The first-order valence-corrected chi connectivity index (χ1v) is 9.44. The third-order valence-electron chi connectivity index (χ3n) is 4.75. The van der Waals surface area contributed by atoms with Crippen molar-refractivity contribution in [2.45, 2.75) is 39.3 Å². The predicted molar refractivity (Wildman–Crippen MR) is 97.4 cm³/mol. The van der Waals surface area contributed by atoms with Crippen molar-refractivity contribution < 1.29 is 32.0 Å². The van der Waals surface area contributed by atoms with Crippen molar-refractivity contribution >= 4 is 22.9 Å². The standard InChI is InChI=1S/C19H22F3N3O4/c1-3-5-12-14(7-6-13-15(12)29-24-16(13)19(20,21)22)28-9-4-8-25-17(26)11(2)10-23-18(25)27/h6-7,11H,3-5,8-10H2,1-2H3,(H,23,27). The third-order valence-corrected chi connectivity index (χ3v) is 4.75. The lowest BCUT2D eigenvalue weighted by molar-refractivity contribution is -0.141. The second-order valence-corrected chi connectivity index (χ2v) is 6.98. The predicted octanol–water partition coefficient (Wildman–Crippen LogP) is 3.76. The molecule has 1 fully saturated rings. The molecule has 158 valence electrons. The molecule has 1 aromatic heterocycles. The Morgan fingerprint density at radius 3 is 2.79 bits per heavy atom. The number of hydrogen-bond acceptors (Lipinski definition) is 5. The summed E-state index contributed by atoms with van der Waals surface area (Å²) in [5.41, 5.74) is -0.468. The van der Waals surface area contributed by atoms with Crippen LogP contribution in [-0.4, -0.2) is 41.7 Å². The highest BCUT2D eigenvalue weighted by atomic mass is 19.4. The molecule has 1 N–H and O–H groups in total. The van der Waals surface area contributed by atoms with Crippen LogP contribution >= 0.6 is 0 Å². The van der Waals surface area contributed by atoms with E-state index in [9.17, 15) is 22.8 Å². The van der Waals surface area contributed by atoms with Crippen LogP contribution in [0, 0.1) is 5.92 Å². The number of urea groups is 1. The van der Waals surface area contributed by atoms with Gasteiger partial charge in [0, 0.05) is 18.7 Å². The molecule has 29 heavy (non-hydrogen) atoms. The minimum absolute atomic E-state index is 0.0658. The number of benzene rings is 1. The Morgan fingerprint density at radius 2 is 2.10 bits per heavy atom. The number of halogens is 3. The van der Waals surface area contributed by atoms with E-state index in [-0.39, 0.29) is 35.9 Å². The van der Waals surface area contributed by atoms with Crippen LogP contribution in [0.5, 0.6) is 5.75 Å². The van der Waals surface area contributed by atoms with Gasteiger partial charge in [-0.2, -0.15) is 13.2 Å². The van der Waals surface area contributed by atoms with E-state index >= 15 is 0 Å². The Kier molecular flexibility index (Phi) is 5.99. The fourth-order valence-electron chi connectivity index (χ4n) is 3.27. The van der Waals surface area contributed by atoms with E-state index in [2.05, 4.69) is 10.5 Å². The van der Waals surface area contributed by atoms with Gasteiger partial charge in [0.2, 0.25) is 5.91 Å². The maximum absolute atomic E-state index is 13.1. The first kappa shape index (κ1) is 20.9. The maximum atomic E-state index is 13.1. The molecule has 0 aliphatic carbocycles. The second-order valence-electron chi connectivity index (χ2n) is 6.98. The number of amides is 3. The zero-order chi connectivity index (χ0) is 21.2. The Hall–Kier alpha value is -2.78. The first-order valence-electron chi connectivity index (χ1n) is 9.44. The zero-order valence-corrected chi connectivity index (χ0v) is 16.1. The number of nitrogens with one attached hydrogen (secondary N) is 1. The molecule has 2 heterocycles. The number of aryl methyl sites for hydroxylation is 1. The van der Waals surface area contributed by atoms with Crippen LogP contribution in [0.4, 0.5) is 18.0 Å². The summed E-state index contributed by atoms with van der Waals surface area (Å²) in [6.07, 6.45) is -3.07. The van der Waals surface area contributed by atoms with Crippen LogP contribution in [0.15, 0.2) is 16.7 Å². The fraction of sp³-hybridized carbons (Fsp3) is 0.526. The summed E-state index contributed by atoms with van der Waals surface area (Å²) in [6, 6.07) is 2.33. The molecule has 1 aromatic carbocycles. The van der Waals surface area contributed by atoms with Gasteiger partial charge in [-0.1, -0.05) is 25.4 Å². The molecule has 3 rings (SSSR count). The summed E-state index contributed by atoms with van der Waals surface area (Å²) < 4.78 is 49.9. The van der Waals surface area contributed by atoms with Crippen molar-refractivity contribution in [1.29, 1.82) is 0 Å². The van der Waals surface area contributed by atoms with Crippen molar-refractivity contribution in [1.82, 2.24) is 15.4 Å². The van der Waals surface area contributed by atoms with Crippen LogP contribution < -0.4 is 10.1 Å². The molecule has 1 aliphatic rings. The molecule has 10 heteroatoms. The lowest BCUT2D eigenvalue weighted by Gasteiger charge is -2.29. The van der Waals surface area contributed by atoms with Crippen LogP contribution in [0.1, 0.15) is 37.9 Å². The van der Waals surface area contributed by atoms with E-state index in [0.29, 0.717) is 37.1 Å². The Morgan fingerprint density at radius 1 is 1.34 bits per heavy atom. The second kappa shape index (κ2) is 8.30. The van der Waals surface area contributed by atoms with Crippen molar-refractivity contribution in [3.63, 3.8) is 0 Å². The molecule has 3 amide bonds. The molecule has 1 atom stereocenters. The summed E-state index contributed by atoms with van der Waals surface area (Å²) in [7, 11) is 0. The molecule has 0 spiro atoms. The van der Waals surface area contributed by atoms with Gasteiger partial charge in [-0.15, -0.1) is 0 Å². The number of carbonyl (C=O) groups excluding carboxylic acids is 2. The molecule has 0 saturated carbocycles. The maximum Gasteiger partial charge on any atom is 0.437 e. The molecular weight excluding hydrogens is 391 g/mol. The average Bonchev–Trinajstić information content (AvgIpc) is 3.10. The van der Waals surface area contributed by atoms with Gasteiger partial charge in [0.05, 0.1) is 17.9 Å². The summed E-state index contributed by atoms with van der Waals surface area (Å²) in [4.78, 5) is 25.1. The van der Waals surface area contributed by atoms with E-state index in [0.717, 1.165) is 4.90 Å². The molecule has 1 aliphatic heterocycles. The number of hydrogen-bond donors (Lipinski definition) is 1. The van der Waals surface area contributed by atoms with E-state index in [1.165, 1.54) is 12.1 Å². The largest absolute Gasteiger partial charge is 0.493 e. The third kappa shape index (κ3) is 4.30. The molecule has 1 unspecified atom stereocenters. The summed E-state index contributed by atoms with van der Waals surface area (Å²) >= 11 is 0. The van der Waals surface area contributed by atoms with Crippen molar-refractivity contribution in [3.05, 3.63) is 23.4 Å².